The molecule has 1 aromatic heterocycles. The Morgan fingerprint density at radius 1 is 1.15 bits per heavy atom. The van der Waals surface area contributed by atoms with Gasteiger partial charge in [0.1, 0.15) is 17.6 Å². The molecule has 1 heterocycles. The fourth-order valence-electron chi connectivity index (χ4n) is 2.26. The van der Waals surface area contributed by atoms with Crippen LogP contribution in [0.15, 0.2) is 53.0 Å². The molecule has 1 atom stereocenters. The second-order valence-corrected chi connectivity index (χ2v) is 6.79. The van der Waals surface area contributed by atoms with Crippen LogP contribution in [0.2, 0.25) is 0 Å². The summed E-state index contributed by atoms with van der Waals surface area (Å²) in [5, 5.41) is 3.52. The first kappa shape index (κ1) is 13.7. The van der Waals surface area contributed by atoms with E-state index in [1.165, 1.54) is 19.7 Å². The van der Waals surface area contributed by atoms with Gasteiger partial charge in [-0.25, -0.2) is 4.98 Å². The maximum atomic E-state index is 4.68. The van der Waals surface area contributed by atoms with Gasteiger partial charge in [-0.3, -0.25) is 0 Å². The number of benzene rings is 2. The van der Waals surface area contributed by atoms with Crippen LogP contribution < -0.4 is 5.32 Å². The fraction of sp³-hybridized carbons (Fsp3) is 0.188. The average Bonchev–Trinajstić information content (AvgIpc) is 2.88. The summed E-state index contributed by atoms with van der Waals surface area (Å²) < 4.78 is 2.44. The van der Waals surface area contributed by atoms with Gasteiger partial charge in [0.15, 0.2) is 0 Å². The molecule has 2 nitrogen and oxygen atoms in total. The molecule has 0 aliphatic heterocycles. The van der Waals surface area contributed by atoms with Crippen molar-refractivity contribution >= 4 is 37.5 Å². The van der Waals surface area contributed by atoms with Crippen LogP contribution in [0, 0.1) is 0 Å². The smallest absolute Gasteiger partial charge is 0.148 e. The van der Waals surface area contributed by atoms with E-state index in [1.54, 1.807) is 11.3 Å². The van der Waals surface area contributed by atoms with E-state index in [0.29, 0.717) is 6.04 Å². The minimum Gasteiger partial charge on any atom is -0.335 e. The Kier molecular flexibility index (Phi) is 4.15. The minimum absolute atomic E-state index is 0.414. The predicted octanol–water partition coefficient (Wildman–Crippen LogP) is 3.88. The molecule has 0 saturated heterocycles. The molecule has 0 saturated carbocycles. The molecule has 3 rings (SSSR count). The highest BCUT2D eigenvalue weighted by Crippen LogP contribution is 2.22. The van der Waals surface area contributed by atoms with Crippen molar-refractivity contribution in [1.82, 2.24) is 4.98 Å². The van der Waals surface area contributed by atoms with Gasteiger partial charge < -0.3 is 5.32 Å². The monoisotopic (exact) mass is 347 g/mol. The van der Waals surface area contributed by atoms with Crippen LogP contribution >= 0.6 is 27.3 Å². The molecule has 4 heteroatoms. The Morgan fingerprint density at radius 3 is 2.70 bits per heavy atom. The number of para-hydroxylation sites is 1. The molecule has 0 bridgehead atoms. The lowest BCUT2D eigenvalue weighted by Crippen LogP contribution is -2.83. The number of thiazole rings is 1. The molecule has 0 fully saturated rings. The molecule has 102 valence electrons. The highest BCUT2D eigenvalue weighted by Gasteiger charge is 2.13. The Labute approximate surface area is 131 Å². The zero-order valence-electron chi connectivity index (χ0n) is 11.2. The second-order valence-electron chi connectivity index (χ2n) is 4.83. The number of quaternary nitrogens is 1. The highest BCUT2D eigenvalue weighted by molar-refractivity contribution is 9.10. The molecule has 0 radical (unpaired) electrons. The number of nitrogens with zero attached hydrogens (tertiary/aromatic N) is 1. The van der Waals surface area contributed by atoms with Crippen LogP contribution in [0.4, 0.5) is 0 Å². The summed E-state index contributed by atoms with van der Waals surface area (Å²) >= 11 is 5.40. The molecule has 0 amide bonds. The largest absolute Gasteiger partial charge is 0.335 e. The van der Waals surface area contributed by atoms with Gasteiger partial charge in [-0.05, 0) is 25.1 Å². The average molecular weight is 348 g/mol. The van der Waals surface area contributed by atoms with E-state index in [0.717, 1.165) is 12.1 Å². The van der Waals surface area contributed by atoms with Gasteiger partial charge in [-0.1, -0.05) is 46.3 Å². The van der Waals surface area contributed by atoms with Crippen molar-refractivity contribution < 1.29 is 5.32 Å². The predicted molar refractivity (Wildman–Crippen MR) is 87.8 cm³/mol. The van der Waals surface area contributed by atoms with Crippen LogP contribution in [-0.4, -0.2) is 4.98 Å². The van der Waals surface area contributed by atoms with Crippen molar-refractivity contribution in [2.24, 2.45) is 0 Å². The van der Waals surface area contributed by atoms with E-state index in [9.17, 15) is 0 Å². The summed E-state index contributed by atoms with van der Waals surface area (Å²) in [6, 6.07) is 17.1. The quantitative estimate of drug-likeness (QED) is 0.762. The van der Waals surface area contributed by atoms with Crippen molar-refractivity contribution in [2.45, 2.75) is 19.5 Å². The summed E-state index contributed by atoms with van der Waals surface area (Å²) in [4.78, 5) is 4.68. The Balaban J connectivity index is 1.71. The van der Waals surface area contributed by atoms with Crippen LogP contribution in [0.5, 0.6) is 0 Å². The third-order valence-electron chi connectivity index (χ3n) is 3.38. The first-order valence-corrected chi connectivity index (χ1v) is 8.27. The second kappa shape index (κ2) is 6.04. The van der Waals surface area contributed by atoms with Gasteiger partial charge in [0.2, 0.25) is 0 Å². The molecule has 0 aliphatic rings. The topological polar surface area (TPSA) is 29.5 Å². The number of nitrogens with two attached hydrogens (primary N) is 1. The number of rotatable bonds is 4. The molecule has 2 aromatic carbocycles. The summed E-state index contributed by atoms with van der Waals surface area (Å²) in [6.45, 7) is 3.15. The Bertz CT molecular complexity index is 690. The maximum Gasteiger partial charge on any atom is 0.148 e. The normalized spacial score (nSPS) is 12.7. The van der Waals surface area contributed by atoms with Crippen molar-refractivity contribution in [3.05, 3.63) is 63.6 Å². The van der Waals surface area contributed by atoms with E-state index in [1.807, 2.05) is 12.1 Å². The summed E-state index contributed by atoms with van der Waals surface area (Å²) in [5.41, 5.74) is 2.43. The zero-order valence-corrected chi connectivity index (χ0v) is 13.6. The van der Waals surface area contributed by atoms with Crippen molar-refractivity contribution in [1.29, 1.82) is 0 Å². The molecule has 0 spiro atoms. The van der Waals surface area contributed by atoms with Gasteiger partial charge in [0.05, 0.1) is 10.2 Å². The molecule has 0 aliphatic carbocycles. The standard InChI is InChI=1S/C16H15BrN2S/c1-11(12-6-2-3-7-13(12)17)18-10-16-19-14-8-4-5-9-15(14)20-16/h2-9,11,18H,10H2,1H3/p+1/t11-/m0/s1. The zero-order chi connectivity index (χ0) is 13.9. The highest BCUT2D eigenvalue weighted by atomic mass is 79.9. The Morgan fingerprint density at radius 2 is 1.90 bits per heavy atom. The third-order valence-corrected chi connectivity index (χ3v) is 5.16. The lowest BCUT2D eigenvalue weighted by molar-refractivity contribution is -0.708. The molecule has 0 unspecified atom stereocenters. The lowest BCUT2D eigenvalue weighted by atomic mass is 10.1. The summed E-state index contributed by atoms with van der Waals surface area (Å²) in [7, 11) is 0. The van der Waals surface area contributed by atoms with Gasteiger partial charge in [-0.15, -0.1) is 11.3 Å². The summed E-state index contributed by atoms with van der Waals surface area (Å²) in [6.07, 6.45) is 0. The van der Waals surface area contributed by atoms with E-state index in [4.69, 9.17) is 0 Å². The number of aromatic nitrogens is 1. The molecule has 20 heavy (non-hydrogen) atoms. The minimum atomic E-state index is 0.414. The number of fused-ring (bicyclic) bond motifs is 1. The third kappa shape index (κ3) is 2.92. The molecule has 3 aromatic rings. The van der Waals surface area contributed by atoms with Gasteiger partial charge >= 0.3 is 0 Å². The fourth-order valence-corrected chi connectivity index (χ4v) is 3.84. The van der Waals surface area contributed by atoms with E-state index in [2.05, 4.69) is 69.6 Å². The first-order valence-electron chi connectivity index (χ1n) is 6.66. The van der Waals surface area contributed by atoms with Crippen LogP contribution in [-0.2, 0) is 6.54 Å². The van der Waals surface area contributed by atoms with Crippen LogP contribution in [0.25, 0.3) is 10.2 Å². The molecular weight excluding hydrogens is 332 g/mol. The lowest BCUT2D eigenvalue weighted by Gasteiger charge is -2.11. The number of halogens is 1. The summed E-state index contributed by atoms with van der Waals surface area (Å²) in [5.74, 6) is 0. The van der Waals surface area contributed by atoms with E-state index >= 15 is 0 Å². The SMILES string of the molecule is C[C@H]([NH2+]Cc1nc2ccccc2s1)c1ccccc1Br. The Hall–Kier alpha value is -1.23. The molecule has 2 N–H and O–H groups in total. The van der Waals surface area contributed by atoms with Crippen LogP contribution in [0.3, 0.4) is 0 Å². The van der Waals surface area contributed by atoms with Gasteiger partial charge in [-0.2, -0.15) is 0 Å². The van der Waals surface area contributed by atoms with E-state index < -0.39 is 0 Å². The van der Waals surface area contributed by atoms with Crippen molar-refractivity contribution in [2.75, 3.05) is 0 Å². The van der Waals surface area contributed by atoms with Crippen molar-refractivity contribution in [3.8, 4) is 0 Å². The maximum absolute atomic E-state index is 4.68. The first-order chi connectivity index (χ1) is 9.74. The van der Waals surface area contributed by atoms with Gasteiger partial charge in [0.25, 0.3) is 0 Å². The van der Waals surface area contributed by atoms with E-state index in [-0.39, 0.29) is 0 Å². The van der Waals surface area contributed by atoms with Gasteiger partial charge in [0, 0.05) is 10.0 Å². The number of hydrogen-bond donors (Lipinski definition) is 1. The molecular formula is C16H16BrN2S+. The van der Waals surface area contributed by atoms with Crippen molar-refractivity contribution in [3.63, 3.8) is 0 Å². The number of hydrogen-bond acceptors (Lipinski definition) is 2. The van der Waals surface area contributed by atoms with Crippen LogP contribution in [0.1, 0.15) is 23.5 Å².